The van der Waals surface area contributed by atoms with Crippen LogP contribution in [0.3, 0.4) is 0 Å². The van der Waals surface area contributed by atoms with E-state index in [0.29, 0.717) is 13.0 Å². The van der Waals surface area contributed by atoms with Gasteiger partial charge in [0, 0.05) is 18.0 Å². The number of nitrogens with one attached hydrogen (secondary N) is 1. The van der Waals surface area contributed by atoms with Gasteiger partial charge in [0.05, 0.1) is 12.6 Å². The van der Waals surface area contributed by atoms with Crippen LogP contribution in [0.5, 0.6) is 5.75 Å². The molecule has 2 N–H and O–H groups in total. The number of hydrogen-bond acceptors (Lipinski definition) is 3. The Morgan fingerprint density at radius 3 is 2.76 bits per heavy atom. The molecule has 0 saturated heterocycles. The predicted molar refractivity (Wildman–Crippen MR) is 75.2 cm³/mol. The minimum atomic E-state index is -0.982. The van der Waals surface area contributed by atoms with E-state index in [1.165, 1.54) is 4.90 Å². The number of ether oxygens (including phenoxy) is 1. The van der Waals surface area contributed by atoms with Gasteiger partial charge in [0.2, 0.25) is 0 Å². The van der Waals surface area contributed by atoms with Gasteiger partial charge < -0.3 is 20.1 Å². The van der Waals surface area contributed by atoms with Crippen molar-refractivity contribution in [3.63, 3.8) is 0 Å². The summed E-state index contributed by atoms with van der Waals surface area (Å²) in [6, 6.07) is 7.24. The normalized spacial score (nSPS) is 20.1. The Labute approximate surface area is 122 Å². The number of hydrogen-bond donors (Lipinski definition) is 2. The van der Waals surface area contributed by atoms with Crippen LogP contribution in [0.1, 0.15) is 30.9 Å². The first-order chi connectivity index (χ1) is 10.1. The minimum Gasteiger partial charge on any atom is -0.493 e. The summed E-state index contributed by atoms with van der Waals surface area (Å²) in [5.74, 6) is -0.199. The van der Waals surface area contributed by atoms with Crippen molar-refractivity contribution in [2.24, 2.45) is 0 Å². The van der Waals surface area contributed by atoms with E-state index in [1.807, 2.05) is 24.3 Å². The molecule has 1 aliphatic heterocycles. The fourth-order valence-electron chi connectivity index (χ4n) is 2.62. The average Bonchev–Trinajstić information content (AvgIpc) is 3.29. The summed E-state index contributed by atoms with van der Waals surface area (Å²) < 4.78 is 5.56. The van der Waals surface area contributed by atoms with E-state index in [9.17, 15) is 9.59 Å². The van der Waals surface area contributed by atoms with Crippen LogP contribution in [0.15, 0.2) is 24.3 Å². The number of fused-ring (bicyclic) bond motifs is 1. The third-order valence-electron chi connectivity index (χ3n) is 3.81. The third-order valence-corrected chi connectivity index (χ3v) is 3.81. The molecule has 1 saturated carbocycles. The predicted octanol–water partition coefficient (Wildman–Crippen LogP) is 1.77. The van der Waals surface area contributed by atoms with E-state index in [1.54, 1.807) is 0 Å². The monoisotopic (exact) mass is 290 g/mol. The van der Waals surface area contributed by atoms with E-state index < -0.39 is 5.97 Å². The van der Waals surface area contributed by atoms with Crippen LogP contribution in [-0.4, -0.2) is 41.2 Å². The highest BCUT2D eigenvalue weighted by atomic mass is 16.5. The van der Waals surface area contributed by atoms with Crippen molar-refractivity contribution in [3.05, 3.63) is 29.8 Å². The minimum absolute atomic E-state index is 0.0659. The molecule has 1 aromatic carbocycles. The van der Waals surface area contributed by atoms with Gasteiger partial charge in [-0.25, -0.2) is 4.79 Å². The van der Waals surface area contributed by atoms with Gasteiger partial charge in [-0.1, -0.05) is 18.2 Å². The molecule has 1 heterocycles. The smallest absolute Gasteiger partial charge is 0.323 e. The van der Waals surface area contributed by atoms with Gasteiger partial charge in [-0.2, -0.15) is 0 Å². The Balaban J connectivity index is 1.71. The van der Waals surface area contributed by atoms with Gasteiger partial charge in [-0.15, -0.1) is 0 Å². The highest BCUT2D eigenvalue weighted by Gasteiger charge is 2.35. The maximum Gasteiger partial charge on any atom is 0.323 e. The fraction of sp³-hybridized carbons (Fsp3) is 0.467. The Morgan fingerprint density at radius 1 is 1.29 bits per heavy atom. The number of carboxylic acid groups (broad SMARTS) is 1. The lowest BCUT2D eigenvalue weighted by molar-refractivity contribution is -0.137. The summed E-state index contributed by atoms with van der Waals surface area (Å²) in [5.41, 5.74) is 0.947. The van der Waals surface area contributed by atoms with E-state index in [0.717, 1.165) is 24.2 Å². The second kappa shape index (κ2) is 5.63. The second-order valence-electron chi connectivity index (χ2n) is 5.43. The van der Waals surface area contributed by atoms with Crippen molar-refractivity contribution in [1.82, 2.24) is 10.2 Å². The molecule has 3 rings (SSSR count). The molecule has 2 amide bonds. The van der Waals surface area contributed by atoms with E-state index in [2.05, 4.69) is 5.32 Å². The number of carbonyl (C=O) groups is 2. The van der Waals surface area contributed by atoms with Crippen molar-refractivity contribution in [2.45, 2.75) is 31.3 Å². The van der Waals surface area contributed by atoms with Gasteiger partial charge in [0.25, 0.3) is 0 Å². The van der Waals surface area contributed by atoms with Crippen LogP contribution >= 0.6 is 0 Å². The number of rotatable bonds is 4. The molecule has 1 atom stereocenters. The first-order valence-corrected chi connectivity index (χ1v) is 7.16. The molecule has 112 valence electrons. The summed E-state index contributed by atoms with van der Waals surface area (Å²) in [7, 11) is 0. The van der Waals surface area contributed by atoms with Gasteiger partial charge in [-0.05, 0) is 18.9 Å². The van der Waals surface area contributed by atoms with Crippen LogP contribution in [0.2, 0.25) is 0 Å². The summed E-state index contributed by atoms with van der Waals surface area (Å²) in [5, 5.41) is 11.9. The van der Waals surface area contributed by atoms with Crippen LogP contribution in [0.4, 0.5) is 4.79 Å². The van der Waals surface area contributed by atoms with Crippen molar-refractivity contribution in [2.75, 3.05) is 13.2 Å². The Morgan fingerprint density at radius 2 is 2.05 bits per heavy atom. The fourth-order valence-corrected chi connectivity index (χ4v) is 2.62. The number of amides is 2. The SMILES string of the molecule is O=C(O)CN(C(=O)NC1CCOc2ccccc21)C1CC1. The van der Waals surface area contributed by atoms with Gasteiger partial charge in [0.15, 0.2) is 0 Å². The molecule has 21 heavy (non-hydrogen) atoms. The standard InChI is InChI=1S/C15H18N2O4/c18-14(19)9-17(10-5-6-10)15(20)16-12-7-8-21-13-4-2-1-3-11(12)13/h1-4,10,12H,5-9H2,(H,16,20)(H,18,19). The highest BCUT2D eigenvalue weighted by molar-refractivity contribution is 5.81. The summed E-state index contributed by atoms with van der Waals surface area (Å²) in [6.45, 7) is 0.297. The number of nitrogens with zero attached hydrogens (tertiary/aromatic N) is 1. The lowest BCUT2D eigenvalue weighted by atomic mass is 10.0. The molecule has 0 aromatic heterocycles. The van der Waals surface area contributed by atoms with Crippen LogP contribution in [-0.2, 0) is 4.79 Å². The molecule has 0 radical (unpaired) electrons. The molecule has 1 fully saturated rings. The van der Waals surface area contributed by atoms with Gasteiger partial charge >= 0.3 is 12.0 Å². The molecular formula is C15H18N2O4. The third kappa shape index (κ3) is 3.09. The van der Waals surface area contributed by atoms with Crippen LogP contribution in [0, 0.1) is 0 Å². The van der Waals surface area contributed by atoms with Crippen LogP contribution in [0.25, 0.3) is 0 Å². The second-order valence-corrected chi connectivity index (χ2v) is 5.43. The Bertz CT molecular complexity index is 556. The van der Waals surface area contributed by atoms with E-state index >= 15 is 0 Å². The number of aliphatic carboxylic acids is 1. The average molecular weight is 290 g/mol. The molecule has 2 aliphatic rings. The maximum atomic E-state index is 12.3. The summed E-state index contributed by atoms with van der Waals surface area (Å²) in [4.78, 5) is 24.7. The summed E-state index contributed by atoms with van der Waals surface area (Å²) >= 11 is 0. The number of carbonyl (C=O) groups excluding carboxylic acids is 1. The lowest BCUT2D eigenvalue weighted by Crippen LogP contribution is -2.46. The number of para-hydroxylation sites is 1. The maximum absolute atomic E-state index is 12.3. The molecule has 0 spiro atoms. The van der Waals surface area contributed by atoms with Gasteiger partial charge in [0.1, 0.15) is 12.3 Å². The first kappa shape index (κ1) is 13.7. The van der Waals surface area contributed by atoms with Crippen molar-refractivity contribution in [3.8, 4) is 5.75 Å². The molecule has 1 unspecified atom stereocenters. The Kier molecular flexibility index (Phi) is 3.68. The molecule has 6 heteroatoms. The zero-order valence-corrected chi connectivity index (χ0v) is 11.6. The topological polar surface area (TPSA) is 78.9 Å². The largest absolute Gasteiger partial charge is 0.493 e. The Hall–Kier alpha value is -2.24. The van der Waals surface area contributed by atoms with Crippen molar-refractivity contribution >= 4 is 12.0 Å². The number of urea groups is 1. The quantitative estimate of drug-likeness (QED) is 0.885. The first-order valence-electron chi connectivity index (χ1n) is 7.16. The highest BCUT2D eigenvalue weighted by Crippen LogP contribution is 2.32. The van der Waals surface area contributed by atoms with Crippen molar-refractivity contribution in [1.29, 1.82) is 0 Å². The molecule has 0 bridgehead atoms. The molecule has 6 nitrogen and oxygen atoms in total. The lowest BCUT2D eigenvalue weighted by Gasteiger charge is -2.29. The number of benzene rings is 1. The zero-order chi connectivity index (χ0) is 14.8. The van der Waals surface area contributed by atoms with E-state index in [4.69, 9.17) is 9.84 Å². The van der Waals surface area contributed by atoms with E-state index in [-0.39, 0.29) is 24.7 Å². The molecular weight excluding hydrogens is 272 g/mol. The zero-order valence-electron chi connectivity index (χ0n) is 11.6. The number of carboxylic acids is 1. The van der Waals surface area contributed by atoms with Gasteiger partial charge in [-0.3, -0.25) is 4.79 Å². The van der Waals surface area contributed by atoms with Crippen LogP contribution < -0.4 is 10.1 Å². The van der Waals surface area contributed by atoms with Crippen molar-refractivity contribution < 1.29 is 19.4 Å². The summed E-state index contributed by atoms with van der Waals surface area (Å²) in [6.07, 6.45) is 2.45. The molecule has 1 aliphatic carbocycles. The molecule has 1 aromatic rings.